The van der Waals surface area contributed by atoms with E-state index in [1.807, 2.05) is 18.2 Å². The third-order valence-corrected chi connectivity index (χ3v) is 5.56. The summed E-state index contributed by atoms with van der Waals surface area (Å²) in [5.74, 6) is 0.289. The molecule has 1 saturated heterocycles. The zero-order valence-corrected chi connectivity index (χ0v) is 17.1. The lowest BCUT2D eigenvalue weighted by atomic mass is 10.1. The first-order valence-electron chi connectivity index (χ1n) is 10.3. The molecule has 8 heteroatoms. The number of hydrogen-bond donors (Lipinski definition) is 1. The van der Waals surface area contributed by atoms with E-state index >= 15 is 0 Å². The molecule has 5 rings (SSSR count). The lowest BCUT2D eigenvalue weighted by Crippen LogP contribution is -2.47. The number of fused-ring (bicyclic) bond motifs is 1. The first kappa shape index (κ1) is 19.9. The van der Waals surface area contributed by atoms with Gasteiger partial charge in [-0.05, 0) is 54.6 Å². The van der Waals surface area contributed by atoms with E-state index in [1.54, 1.807) is 24.4 Å². The molecule has 160 valence electrons. The highest BCUT2D eigenvalue weighted by atomic mass is 19.1. The Morgan fingerprint density at radius 3 is 2.31 bits per heavy atom. The highest BCUT2D eigenvalue weighted by molar-refractivity contribution is 5.93. The summed E-state index contributed by atoms with van der Waals surface area (Å²) in [5, 5.41) is 9.33. The zero-order chi connectivity index (χ0) is 22.1. The van der Waals surface area contributed by atoms with Crippen LogP contribution in [0, 0.1) is 5.82 Å². The minimum Gasteiger partial charge on any atom is -0.478 e. The van der Waals surface area contributed by atoms with Gasteiger partial charge in [0.25, 0.3) is 0 Å². The van der Waals surface area contributed by atoms with E-state index in [1.165, 1.54) is 24.3 Å². The summed E-state index contributed by atoms with van der Waals surface area (Å²) in [7, 11) is 0. The van der Waals surface area contributed by atoms with Crippen LogP contribution < -0.4 is 9.80 Å². The number of rotatable bonds is 4. The van der Waals surface area contributed by atoms with Gasteiger partial charge in [0.2, 0.25) is 0 Å². The molecule has 0 atom stereocenters. The number of pyridine rings is 1. The summed E-state index contributed by atoms with van der Waals surface area (Å²) in [6, 6.07) is 16.7. The standard InChI is InChI=1S/C24H20FN5O2/c25-18-7-4-16(5-8-18)22-23(28-19-9-6-17(24(31)32)15-20(19)27-22)30-13-11-29(12-14-30)21-3-1-2-10-26-21/h1-10,15H,11-14H2,(H,31,32). The zero-order valence-electron chi connectivity index (χ0n) is 17.1. The van der Waals surface area contributed by atoms with Crippen molar-refractivity contribution in [1.82, 2.24) is 15.0 Å². The molecule has 0 amide bonds. The minimum absolute atomic E-state index is 0.147. The second-order valence-electron chi connectivity index (χ2n) is 7.57. The molecule has 2 aromatic heterocycles. The van der Waals surface area contributed by atoms with Crippen LogP contribution in [0.25, 0.3) is 22.3 Å². The van der Waals surface area contributed by atoms with Crippen molar-refractivity contribution in [3.05, 3.63) is 78.2 Å². The maximum atomic E-state index is 13.5. The largest absolute Gasteiger partial charge is 0.478 e. The highest BCUT2D eigenvalue weighted by Crippen LogP contribution is 2.31. The normalized spacial score (nSPS) is 14.0. The molecule has 1 aliphatic rings. The molecule has 3 heterocycles. The van der Waals surface area contributed by atoms with Crippen LogP contribution in [0.15, 0.2) is 66.9 Å². The van der Waals surface area contributed by atoms with Crippen molar-refractivity contribution in [3.63, 3.8) is 0 Å². The first-order valence-corrected chi connectivity index (χ1v) is 10.3. The van der Waals surface area contributed by atoms with Crippen LogP contribution in [0.1, 0.15) is 10.4 Å². The fraction of sp³-hybridized carbons (Fsp3) is 0.167. The van der Waals surface area contributed by atoms with Gasteiger partial charge in [0, 0.05) is 37.9 Å². The van der Waals surface area contributed by atoms with E-state index in [0.29, 0.717) is 22.5 Å². The summed E-state index contributed by atoms with van der Waals surface area (Å²) in [5.41, 5.74) is 2.58. The maximum absolute atomic E-state index is 13.5. The molecule has 32 heavy (non-hydrogen) atoms. The molecule has 0 aliphatic carbocycles. The Balaban J connectivity index is 1.53. The lowest BCUT2D eigenvalue weighted by Gasteiger charge is -2.36. The number of aromatic carboxylic acids is 1. The van der Waals surface area contributed by atoms with Gasteiger partial charge < -0.3 is 14.9 Å². The number of halogens is 1. The summed E-state index contributed by atoms with van der Waals surface area (Å²) in [4.78, 5) is 29.8. The van der Waals surface area contributed by atoms with Crippen LogP contribution in [0.2, 0.25) is 0 Å². The quantitative estimate of drug-likeness (QED) is 0.528. The molecule has 0 saturated carbocycles. The second-order valence-corrected chi connectivity index (χ2v) is 7.57. The molecule has 0 unspecified atom stereocenters. The molecule has 0 bridgehead atoms. The molecule has 2 aromatic carbocycles. The number of aromatic nitrogens is 3. The van der Waals surface area contributed by atoms with Gasteiger partial charge in [-0.15, -0.1) is 0 Å². The molecule has 7 nitrogen and oxygen atoms in total. The number of nitrogens with zero attached hydrogens (tertiary/aromatic N) is 5. The van der Waals surface area contributed by atoms with E-state index in [4.69, 9.17) is 9.97 Å². The second kappa shape index (κ2) is 8.22. The van der Waals surface area contributed by atoms with Gasteiger partial charge in [0.15, 0.2) is 5.82 Å². The highest BCUT2D eigenvalue weighted by Gasteiger charge is 2.23. The van der Waals surface area contributed by atoms with E-state index in [0.717, 1.165) is 37.6 Å². The Hall–Kier alpha value is -4.07. The first-order chi connectivity index (χ1) is 15.6. The Labute approximate surface area is 183 Å². The van der Waals surface area contributed by atoms with Crippen LogP contribution in [-0.4, -0.2) is 52.2 Å². The Kier molecular flexibility index (Phi) is 5.10. The number of benzene rings is 2. The van der Waals surface area contributed by atoms with E-state index in [-0.39, 0.29) is 11.4 Å². The predicted octanol–water partition coefficient (Wildman–Crippen LogP) is 3.86. The van der Waals surface area contributed by atoms with Crippen LogP contribution >= 0.6 is 0 Å². The molecular formula is C24H20FN5O2. The van der Waals surface area contributed by atoms with Gasteiger partial charge >= 0.3 is 5.97 Å². The van der Waals surface area contributed by atoms with Gasteiger partial charge in [0.1, 0.15) is 17.3 Å². The fourth-order valence-corrected chi connectivity index (χ4v) is 3.89. The number of carboxylic acid groups (broad SMARTS) is 1. The van der Waals surface area contributed by atoms with Crippen molar-refractivity contribution < 1.29 is 14.3 Å². The molecule has 0 radical (unpaired) electrons. The SMILES string of the molecule is O=C(O)c1ccc2nc(N3CCN(c4ccccn4)CC3)c(-c3ccc(F)cc3)nc2c1. The third kappa shape index (κ3) is 3.82. The monoisotopic (exact) mass is 429 g/mol. The van der Waals surface area contributed by atoms with Crippen molar-refractivity contribution in [2.45, 2.75) is 0 Å². The molecule has 0 spiro atoms. The fourth-order valence-electron chi connectivity index (χ4n) is 3.89. The molecular weight excluding hydrogens is 409 g/mol. The summed E-state index contributed by atoms with van der Waals surface area (Å²) in [6.07, 6.45) is 1.79. The van der Waals surface area contributed by atoms with Crippen molar-refractivity contribution in [3.8, 4) is 11.3 Å². The molecule has 1 aliphatic heterocycles. The van der Waals surface area contributed by atoms with Crippen molar-refractivity contribution in [2.75, 3.05) is 36.0 Å². The number of anilines is 2. The van der Waals surface area contributed by atoms with Gasteiger partial charge in [0.05, 0.1) is 16.6 Å². The van der Waals surface area contributed by atoms with Gasteiger partial charge in [-0.25, -0.2) is 24.1 Å². The Morgan fingerprint density at radius 1 is 0.875 bits per heavy atom. The van der Waals surface area contributed by atoms with Gasteiger partial charge in [-0.3, -0.25) is 0 Å². The van der Waals surface area contributed by atoms with Crippen molar-refractivity contribution >= 4 is 28.6 Å². The van der Waals surface area contributed by atoms with E-state index in [9.17, 15) is 14.3 Å². The molecule has 1 N–H and O–H groups in total. The van der Waals surface area contributed by atoms with Gasteiger partial charge in [-0.2, -0.15) is 0 Å². The summed E-state index contributed by atoms with van der Waals surface area (Å²) < 4.78 is 13.5. The van der Waals surface area contributed by atoms with E-state index < -0.39 is 5.97 Å². The molecule has 1 fully saturated rings. The van der Waals surface area contributed by atoms with Crippen LogP contribution in [0.3, 0.4) is 0 Å². The maximum Gasteiger partial charge on any atom is 0.335 e. The number of carbonyl (C=O) groups is 1. The molecule has 4 aromatic rings. The Morgan fingerprint density at radius 2 is 1.62 bits per heavy atom. The average Bonchev–Trinajstić information content (AvgIpc) is 2.84. The smallest absolute Gasteiger partial charge is 0.335 e. The van der Waals surface area contributed by atoms with Crippen LogP contribution in [0.5, 0.6) is 0 Å². The Bertz CT molecular complexity index is 1270. The minimum atomic E-state index is -1.02. The summed E-state index contributed by atoms with van der Waals surface area (Å²) >= 11 is 0. The van der Waals surface area contributed by atoms with Crippen LogP contribution in [0.4, 0.5) is 16.0 Å². The van der Waals surface area contributed by atoms with Gasteiger partial charge in [-0.1, -0.05) is 6.07 Å². The predicted molar refractivity (Wildman–Crippen MR) is 121 cm³/mol. The summed E-state index contributed by atoms with van der Waals surface area (Å²) in [6.45, 7) is 2.99. The lowest BCUT2D eigenvalue weighted by molar-refractivity contribution is 0.0697. The number of carboxylic acids is 1. The van der Waals surface area contributed by atoms with Crippen molar-refractivity contribution in [2.24, 2.45) is 0 Å². The number of hydrogen-bond acceptors (Lipinski definition) is 6. The topological polar surface area (TPSA) is 82.5 Å². The number of piperazine rings is 1. The third-order valence-electron chi connectivity index (χ3n) is 5.56. The average molecular weight is 429 g/mol. The van der Waals surface area contributed by atoms with Crippen LogP contribution in [-0.2, 0) is 0 Å². The van der Waals surface area contributed by atoms with Crippen molar-refractivity contribution in [1.29, 1.82) is 0 Å². The van der Waals surface area contributed by atoms with E-state index in [2.05, 4.69) is 14.8 Å².